The summed E-state index contributed by atoms with van der Waals surface area (Å²) in [5.74, 6) is 0.404. The van der Waals surface area contributed by atoms with Crippen molar-refractivity contribution in [3.8, 4) is 5.75 Å². The molecule has 8 heteroatoms. The van der Waals surface area contributed by atoms with Crippen molar-refractivity contribution in [3.05, 3.63) is 59.2 Å². The first kappa shape index (κ1) is 23.2. The molecule has 31 heavy (non-hydrogen) atoms. The molecule has 2 aromatic carbocycles. The molecule has 1 fully saturated rings. The van der Waals surface area contributed by atoms with Crippen LogP contribution in [0.3, 0.4) is 0 Å². The lowest BCUT2D eigenvalue weighted by Crippen LogP contribution is -2.38. The summed E-state index contributed by atoms with van der Waals surface area (Å²) >= 11 is 0. The highest BCUT2D eigenvalue weighted by Gasteiger charge is 2.26. The van der Waals surface area contributed by atoms with Gasteiger partial charge in [-0.15, -0.1) is 0 Å². The van der Waals surface area contributed by atoms with Crippen LogP contribution in [0.15, 0.2) is 47.4 Å². The molecule has 0 unspecified atom stereocenters. The average molecular weight is 447 g/mol. The monoisotopic (exact) mass is 446 g/mol. The second kappa shape index (κ2) is 10.3. The topological polar surface area (TPSA) is 95.9 Å². The number of likely N-dealkylation sites (tertiary alicyclic amines) is 1. The van der Waals surface area contributed by atoms with E-state index in [1.165, 1.54) is 12.1 Å². The van der Waals surface area contributed by atoms with Crippen molar-refractivity contribution in [2.75, 3.05) is 26.2 Å². The van der Waals surface area contributed by atoms with Gasteiger partial charge in [0.25, 0.3) is 5.91 Å². The SMILES string of the molecule is Cc1cccc(C)c1OC[C@@H](O)CNS(=O)(=O)c1ccccc1C(=O)N1CCCCC1. The van der Waals surface area contributed by atoms with Crippen LogP contribution < -0.4 is 9.46 Å². The number of benzene rings is 2. The highest BCUT2D eigenvalue weighted by molar-refractivity contribution is 7.89. The minimum absolute atomic E-state index is 0.0530. The van der Waals surface area contributed by atoms with E-state index in [4.69, 9.17) is 4.74 Å². The van der Waals surface area contributed by atoms with Gasteiger partial charge in [-0.1, -0.05) is 30.3 Å². The number of ether oxygens (including phenoxy) is 1. The summed E-state index contributed by atoms with van der Waals surface area (Å²) in [5.41, 5.74) is 2.04. The number of aryl methyl sites for hydroxylation is 2. The van der Waals surface area contributed by atoms with Gasteiger partial charge in [-0.3, -0.25) is 4.79 Å². The van der Waals surface area contributed by atoms with Gasteiger partial charge in [0.15, 0.2) is 0 Å². The zero-order chi connectivity index (χ0) is 22.4. The maximum Gasteiger partial charge on any atom is 0.255 e. The predicted octanol–water partition coefficient (Wildman–Crippen LogP) is 2.65. The fourth-order valence-electron chi connectivity index (χ4n) is 3.69. The van der Waals surface area contributed by atoms with Crippen molar-refractivity contribution in [1.82, 2.24) is 9.62 Å². The van der Waals surface area contributed by atoms with E-state index in [0.717, 1.165) is 30.4 Å². The molecule has 1 aliphatic rings. The summed E-state index contributed by atoms with van der Waals surface area (Å²) in [6.45, 7) is 4.81. The number of hydrogen-bond donors (Lipinski definition) is 2. The van der Waals surface area contributed by atoms with E-state index >= 15 is 0 Å². The molecular weight excluding hydrogens is 416 g/mol. The molecule has 0 spiro atoms. The van der Waals surface area contributed by atoms with E-state index in [0.29, 0.717) is 18.8 Å². The molecule has 0 bridgehead atoms. The highest BCUT2D eigenvalue weighted by Crippen LogP contribution is 2.23. The molecule has 168 valence electrons. The van der Waals surface area contributed by atoms with E-state index in [2.05, 4.69) is 4.72 Å². The minimum atomic E-state index is -3.98. The summed E-state index contributed by atoms with van der Waals surface area (Å²) in [6, 6.07) is 11.9. The Kier molecular flexibility index (Phi) is 7.69. The van der Waals surface area contributed by atoms with Gasteiger partial charge in [0, 0.05) is 19.6 Å². The maximum absolute atomic E-state index is 12.9. The summed E-state index contributed by atoms with van der Waals surface area (Å²) < 4.78 is 33.9. The van der Waals surface area contributed by atoms with Crippen LogP contribution in [0.4, 0.5) is 0 Å². The smallest absolute Gasteiger partial charge is 0.255 e. The maximum atomic E-state index is 12.9. The Labute approximate surface area is 184 Å². The van der Waals surface area contributed by atoms with Crippen molar-refractivity contribution in [2.45, 2.75) is 44.1 Å². The fraction of sp³-hybridized carbons (Fsp3) is 0.435. The Hall–Kier alpha value is -2.42. The third kappa shape index (κ3) is 5.84. The molecular formula is C23H30N2O5S. The summed E-state index contributed by atoms with van der Waals surface area (Å²) in [7, 11) is -3.98. The van der Waals surface area contributed by atoms with E-state index in [1.807, 2.05) is 32.0 Å². The summed E-state index contributed by atoms with van der Waals surface area (Å²) in [6.07, 6.45) is 1.88. The number of hydrogen-bond acceptors (Lipinski definition) is 5. The molecule has 1 amide bonds. The van der Waals surface area contributed by atoms with Crippen molar-refractivity contribution in [2.24, 2.45) is 0 Å². The second-order valence-corrected chi connectivity index (χ2v) is 9.62. The molecule has 0 radical (unpaired) electrons. The third-order valence-corrected chi connectivity index (χ3v) is 6.87. The number of piperidine rings is 1. The van der Waals surface area contributed by atoms with Crippen LogP contribution in [-0.2, 0) is 10.0 Å². The largest absolute Gasteiger partial charge is 0.490 e. The molecule has 0 saturated carbocycles. The van der Waals surface area contributed by atoms with E-state index in [9.17, 15) is 18.3 Å². The second-order valence-electron chi connectivity index (χ2n) is 7.89. The van der Waals surface area contributed by atoms with Gasteiger partial charge in [0.05, 0.1) is 10.5 Å². The Morgan fingerprint density at radius 2 is 1.71 bits per heavy atom. The van der Waals surface area contributed by atoms with Gasteiger partial charge in [-0.25, -0.2) is 13.1 Å². The van der Waals surface area contributed by atoms with Crippen LogP contribution in [-0.4, -0.2) is 56.7 Å². The van der Waals surface area contributed by atoms with E-state index in [-0.39, 0.29) is 29.5 Å². The van der Waals surface area contributed by atoms with Crippen molar-refractivity contribution in [3.63, 3.8) is 0 Å². The number of sulfonamides is 1. The van der Waals surface area contributed by atoms with Crippen LogP contribution in [0, 0.1) is 13.8 Å². The zero-order valence-electron chi connectivity index (χ0n) is 18.0. The van der Waals surface area contributed by atoms with Crippen LogP contribution in [0.2, 0.25) is 0 Å². The van der Waals surface area contributed by atoms with Crippen LogP contribution in [0.25, 0.3) is 0 Å². The molecule has 2 N–H and O–H groups in total. The number of aliphatic hydroxyl groups is 1. The normalized spacial score (nSPS) is 15.5. The minimum Gasteiger partial charge on any atom is -0.490 e. The Morgan fingerprint density at radius 1 is 1.06 bits per heavy atom. The Balaban J connectivity index is 1.65. The van der Waals surface area contributed by atoms with Crippen LogP contribution >= 0.6 is 0 Å². The molecule has 0 aromatic heterocycles. The number of carbonyl (C=O) groups is 1. The first-order valence-corrected chi connectivity index (χ1v) is 12.0. The lowest BCUT2D eigenvalue weighted by Gasteiger charge is -2.27. The highest BCUT2D eigenvalue weighted by atomic mass is 32.2. The third-order valence-electron chi connectivity index (χ3n) is 5.39. The molecule has 0 aliphatic carbocycles. The Morgan fingerprint density at radius 3 is 2.39 bits per heavy atom. The number of nitrogens with one attached hydrogen (secondary N) is 1. The molecule has 1 heterocycles. The van der Waals surface area contributed by atoms with Gasteiger partial charge in [0.1, 0.15) is 18.5 Å². The first-order valence-electron chi connectivity index (χ1n) is 10.5. The van der Waals surface area contributed by atoms with Crippen molar-refractivity contribution >= 4 is 15.9 Å². The lowest BCUT2D eigenvalue weighted by atomic mass is 10.1. The van der Waals surface area contributed by atoms with Crippen LogP contribution in [0.1, 0.15) is 40.7 Å². The summed E-state index contributed by atoms with van der Waals surface area (Å²) in [5, 5.41) is 10.3. The number of nitrogens with zero attached hydrogens (tertiary/aromatic N) is 1. The van der Waals surface area contributed by atoms with Crippen molar-refractivity contribution in [1.29, 1.82) is 0 Å². The van der Waals surface area contributed by atoms with Gasteiger partial charge >= 0.3 is 0 Å². The van der Waals surface area contributed by atoms with Crippen LogP contribution in [0.5, 0.6) is 5.75 Å². The number of para-hydroxylation sites is 1. The first-order chi connectivity index (χ1) is 14.8. The number of aliphatic hydroxyl groups excluding tert-OH is 1. The lowest BCUT2D eigenvalue weighted by molar-refractivity contribution is 0.0720. The number of amides is 1. The standard InChI is InChI=1S/C23H30N2O5S/c1-17-9-8-10-18(2)22(17)30-16-19(26)15-24-31(28,29)21-12-5-4-11-20(21)23(27)25-13-6-3-7-14-25/h4-5,8-12,19,24,26H,3,6-7,13-16H2,1-2H3/t19-/m0/s1. The quantitative estimate of drug-likeness (QED) is 0.650. The van der Waals surface area contributed by atoms with Gasteiger partial charge in [0.2, 0.25) is 10.0 Å². The summed E-state index contributed by atoms with van der Waals surface area (Å²) in [4.78, 5) is 14.5. The van der Waals surface area contributed by atoms with E-state index < -0.39 is 16.1 Å². The van der Waals surface area contributed by atoms with Gasteiger partial charge in [-0.05, 0) is 56.4 Å². The van der Waals surface area contributed by atoms with Crippen molar-refractivity contribution < 1.29 is 23.1 Å². The number of carbonyl (C=O) groups excluding carboxylic acids is 1. The fourth-order valence-corrected chi connectivity index (χ4v) is 4.96. The molecule has 3 rings (SSSR count). The number of rotatable bonds is 8. The Bertz CT molecular complexity index is 996. The van der Waals surface area contributed by atoms with E-state index in [1.54, 1.807) is 17.0 Å². The predicted molar refractivity (Wildman–Crippen MR) is 119 cm³/mol. The van der Waals surface area contributed by atoms with Gasteiger partial charge < -0.3 is 14.7 Å². The average Bonchev–Trinajstić information content (AvgIpc) is 2.77. The molecule has 1 aliphatic heterocycles. The molecule has 1 atom stereocenters. The molecule has 1 saturated heterocycles. The molecule has 2 aromatic rings. The molecule has 7 nitrogen and oxygen atoms in total. The zero-order valence-corrected chi connectivity index (χ0v) is 18.8. The van der Waals surface area contributed by atoms with Gasteiger partial charge in [-0.2, -0.15) is 0 Å².